The van der Waals surface area contributed by atoms with Gasteiger partial charge in [0.05, 0.1) is 0 Å². The van der Waals surface area contributed by atoms with E-state index in [0.717, 1.165) is 17.5 Å². The number of rotatable bonds is 3. The maximum Gasteiger partial charge on any atom is 0.0346 e. The van der Waals surface area contributed by atoms with Crippen molar-refractivity contribution in [2.24, 2.45) is 0 Å². The third-order valence-electron chi connectivity index (χ3n) is 1.64. The van der Waals surface area contributed by atoms with Crippen LogP contribution in [0, 0.1) is 0 Å². The number of hydrogen-bond donors (Lipinski definition) is 0. The number of allylic oxidation sites excluding steroid dienone is 1. The average Bonchev–Trinajstić information content (AvgIpc) is 2.41. The lowest BCUT2D eigenvalue weighted by Crippen LogP contribution is -1.81. The molecular weight excluding hydrogens is 194 g/mol. The predicted molar refractivity (Wildman–Crippen MR) is 76.3 cm³/mol. The molecule has 0 saturated heterocycles. The molecule has 1 rings (SSSR count). The number of pyridine rings is 1. The van der Waals surface area contributed by atoms with E-state index in [1.165, 1.54) is 0 Å². The summed E-state index contributed by atoms with van der Waals surface area (Å²) in [7, 11) is 0. The van der Waals surface area contributed by atoms with Crippen LogP contribution in [0.25, 0.3) is 12.2 Å². The standard InChI is InChI=1S/C11H13N.2C2H6/c1-3-5-6-11-9-12-8-7-10(11)4-2;2*1-2/h4-9H,2-3H2,1H3;2*1-2H3/b6-5-;;. The van der Waals surface area contributed by atoms with Crippen molar-refractivity contribution >= 4 is 12.2 Å². The van der Waals surface area contributed by atoms with Gasteiger partial charge in [0.2, 0.25) is 0 Å². The van der Waals surface area contributed by atoms with Gasteiger partial charge in [0.1, 0.15) is 0 Å². The van der Waals surface area contributed by atoms with Crippen molar-refractivity contribution in [3.8, 4) is 0 Å². The van der Waals surface area contributed by atoms with Gasteiger partial charge in [0.15, 0.2) is 0 Å². The van der Waals surface area contributed by atoms with Crippen LogP contribution in [0.4, 0.5) is 0 Å². The quantitative estimate of drug-likeness (QED) is 0.681. The molecule has 0 aliphatic carbocycles. The molecule has 0 saturated carbocycles. The third kappa shape index (κ3) is 6.99. The summed E-state index contributed by atoms with van der Waals surface area (Å²) in [5.41, 5.74) is 2.27. The van der Waals surface area contributed by atoms with Gasteiger partial charge in [-0.2, -0.15) is 0 Å². The second kappa shape index (κ2) is 13.6. The third-order valence-corrected chi connectivity index (χ3v) is 1.64. The molecular formula is C15H25N. The van der Waals surface area contributed by atoms with E-state index in [-0.39, 0.29) is 0 Å². The molecule has 0 aliphatic rings. The van der Waals surface area contributed by atoms with Crippen molar-refractivity contribution in [1.82, 2.24) is 4.98 Å². The summed E-state index contributed by atoms with van der Waals surface area (Å²) in [5, 5.41) is 0. The van der Waals surface area contributed by atoms with Gasteiger partial charge in [0.25, 0.3) is 0 Å². The minimum atomic E-state index is 1.05. The van der Waals surface area contributed by atoms with Crippen molar-refractivity contribution in [3.05, 3.63) is 42.2 Å². The van der Waals surface area contributed by atoms with Gasteiger partial charge in [-0.15, -0.1) is 0 Å². The Bertz CT molecular complexity index is 287. The van der Waals surface area contributed by atoms with Crippen LogP contribution in [0.5, 0.6) is 0 Å². The van der Waals surface area contributed by atoms with Gasteiger partial charge in [-0.05, 0) is 23.6 Å². The van der Waals surface area contributed by atoms with E-state index in [0.29, 0.717) is 0 Å². The van der Waals surface area contributed by atoms with E-state index in [1.807, 2.05) is 46.0 Å². The van der Waals surface area contributed by atoms with E-state index in [9.17, 15) is 0 Å². The van der Waals surface area contributed by atoms with Gasteiger partial charge in [-0.1, -0.05) is 59.4 Å². The highest BCUT2D eigenvalue weighted by atomic mass is 14.6. The molecule has 1 aromatic heterocycles. The number of hydrogen-bond acceptors (Lipinski definition) is 1. The zero-order valence-corrected chi connectivity index (χ0v) is 11.3. The van der Waals surface area contributed by atoms with Gasteiger partial charge in [-0.3, -0.25) is 4.98 Å². The lowest BCUT2D eigenvalue weighted by Gasteiger charge is -1.97. The normalized spacial score (nSPS) is 8.56. The van der Waals surface area contributed by atoms with Crippen LogP contribution in [0.2, 0.25) is 0 Å². The number of nitrogens with zero attached hydrogens (tertiary/aromatic N) is 1. The van der Waals surface area contributed by atoms with Crippen molar-refractivity contribution in [2.45, 2.75) is 41.0 Å². The van der Waals surface area contributed by atoms with Crippen LogP contribution in [0.15, 0.2) is 31.1 Å². The molecule has 90 valence electrons. The molecule has 0 atom stereocenters. The first-order valence-electron chi connectivity index (χ1n) is 6.11. The molecule has 0 fully saturated rings. The summed E-state index contributed by atoms with van der Waals surface area (Å²) >= 11 is 0. The Balaban J connectivity index is 0. The summed E-state index contributed by atoms with van der Waals surface area (Å²) in [6.45, 7) is 13.8. The molecule has 1 heterocycles. The summed E-state index contributed by atoms with van der Waals surface area (Å²) in [4.78, 5) is 4.05. The fraction of sp³-hybridized carbons (Fsp3) is 0.400. The Morgan fingerprint density at radius 3 is 2.31 bits per heavy atom. The second-order valence-electron chi connectivity index (χ2n) is 2.52. The Morgan fingerprint density at radius 2 is 1.81 bits per heavy atom. The van der Waals surface area contributed by atoms with Crippen LogP contribution in [0.3, 0.4) is 0 Å². The van der Waals surface area contributed by atoms with Crippen molar-refractivity contribution in [1.29, 1.82) is 0 Å². The molecule has 0 unspecified atom stereocenters. The summed E-state index contributed by atoms with van der Waals surface area (Å²) in [6, 6.07) is 1.96. The molecule has 0 amide bonds. The maximum absolute atomic E-state index is 4.05. The molecule has 1 heteroatoms. The first-order valence-corrected chi connectivity index (χ1v) is 6.11. The van der Waals surface area contributed by atoms with Gasteiger partial charge < -0.3 is 0 Å². The van der Waals surface area contributed by atoms with Gasteiger partial charge >= 0.3 is 0 Å². The Labute approximate surface area is 101 Å². The first-order chi connectivity index (χ1) is 7.88. The second-order valence-corrected chi connectivity index (χ2v) is 2.52. The van der Waals surface area contributed by atoms with Crippen LogP contribution in [-0.2, 0) is 0 Å². The zero-order valence-electron chi connectivity index (χ0n) is 11.3. The van der Waals surface area contributed by atoms with Crippen LogP contribution in [0.1, 0.15) is 52.2 Å². The van der Waals surface area contributed by atoms with Crippen LogP contribution in [-0.4, -0.2) is 4.98 Å². The molecule has 0 aromatic carbocycles. The molecule has 1 nitrogen and oxygen atoms in total. The fourth-order valence-electron chi connectivity index (χ4n) is 0.987. The highest BCUT2D eigenvalue weighted by Gasteiger charge is 1.91. The summed E-state index contributed by atoms with van der Waals surface area (Å²) in [5.74, 6) is 0. The van der Waals surface area contributed by atoms with Crippen molar-refractivity contribution in [3.63, 3.8) is 0 Å². The molecule has 0 spiro atoms. The van der Waals surface area contributed by atoms with E-state index in [4.69, 9.17) is 0 Å². The van der Waals surface area contributed by atoms with E-state index < -0.39 is 0 Å². The van der Waals surface area contributed by atoms with E-state index >= 15 is 0 Å². The summed E-state index contributed by atoms with van der Waals surface area (Å²) in [6.07, 6.45) is 10.7. The van der Waals surface area contributed by atoms with Gasteiger partial charge in [-0.25, -0.2) is 0 Å². The molecule has 0 aliphatic heterocycles. The molecule has 0 radical (unpaired) electrons. The summed E-state index contributed by atoms with van der Waals surface area (Å²) < 4.78 is 0. The maximum atomic E-state index is 4.05. The minimum Gasteiger partial charge on any atom is -0.264 e. The Hall–Kier alpha value is -1.37. The Morgan fingerprint density at radius 1 is 1.19 bits per heavy atom. The largest absolute Gasteiger partial charge is 0.264 e. The fourth-order valence-corrected chi connectivity index (χ4v) is 0.987. The van der Waals surface area contributed by atoms with Crippen LogP contribution >= 0.6 is 0 Å². The van der Waals surface area contributed by atoms with E-state index in [2.05, 4.69) is 30.6 Å². The first kappa shape index (κ1) is 17.0. The lowest BCUT2D eigenvalue weighted by atomic mass is 10.1. The highest BCUT2D eigenvalue weighted by Crippen LogP contribution is 2.10. The average molecular weight is 219 g/mol. The topological polar surface area (TPSA) is 12.9 Å². The molecule has 1 aromatic rings. The molecule has 16 heavy (non-hydrogen) atoms. The zero-order chi connectivity index (χ0) is 12.8. The van der Waals surface area contributed by atoms with Crippen LogP contribution < -0.4 is 0 Å². The number of aromatic nitrogens is 1. The minimum absolute atomic E-state index is 1.05. The molecule has 0 bridgehead atoms. The SMILES string of the molecule is C=Cc1ccncc1/C=C\CC.CC.CC. The highest BCUT2D eigenvalue weighted by molar-refractivity contribution is 5.63. The monoisotopic (exact) mass is 219 g/mol. The van der Waals surface area contributed by atoms with Crippen molar-refractivity contribution in [2.75, 3.05) is 0 Å². The smallest absolute Gasteiger partial charge is 0.0346 e. The predicted octanol–water partition coefficient (Wildman–Crippen LogP) is 5.20. The van der Waals surface area contributed by atoms with Crippen molar-refractivity contribution < 1.29 is 0 Å². The van der Waals surface area contributed by atoms with E-state index in [1.54, 1.807) is 6.20 Å². The Kier molecular flexibility index (Phi) is 14.5. The molecule has 0 N–H and O–H groups in total. The van der Waals surface area contributed by atoms with Gasteiger partial charge in [0, 0.05) is 12.4 Å². The lowest BCUT2D eigenvalue weighted by molar-refractivity contribution is 1.23.